The lowest BCUT2D eigenvalue weighted by Gasteiger charge is -2.42. The maximum absolute atomic E-state index is 6.15. The monoisotopic (exact) mass is 227 g/mol. The summed E-state index contributed by atoms with van der Waals surface area (Å²) in [5.74, 6) is 0.735. The molecular formula is C13H25NO2. The van der Waals surface area contributed by atoms with E-state index in [0.717, 1.165) is 32.0 Å². The maximum Gasteiger partial charge on any atom is 0.105 e. The Morgan fingerprint density at radius 3 is 2.38 bits per heavy atom. The fourth-order valence-electron chi connectivity index (χ4n) is 2.64. The Morgan fingerprint density at radius 2 is 1.88 bits per heavy atom. The lowest BCUT2D eigenvalue weighted by molar-refractivity contribution is -0.169. The molecule has 1 saturated carbocycles. The molecule has 0 bridgehead atoms. The van der Waals surface area contributed by atoms with Gasteiger partial charge in [-0.25, -0.2) is 0 Å². The van der Waals surface area contributed by atoms with E-state index in [1.54, 1.807) is 0 Å². The first-order chi connectivity index (χ1) is 7.47. The van der Waals surface area contributed by atoms with Crippen molar-refractivity contribution in [2.45, 2.75) is 58.3 Å². The van der Waals surface area contributed by atoms with Crippen LogP contribution in [-0.4, -0.2) is 31.5 Å². The highest BCUT2D eigenvalue weighted by atomic mass is 16.6. The van der Waals surface area contributed by atoms with E-state index in [-0.39, 0.29) is 12.1 Å². The molecule has 94 valence electrons. The summed E-state index contributed by atoms with van der Waals surface area (Å²) in [5, 5.41) is 0. The van der Waals surface area contributed by atoms with Gasteiger partial charge in [-0.2, -0.15) is 0 Å². The number of rotatable bonds is 2. The molecule has 1 saturated heterocycles. The van der Waals surface area contributed by atoms with Crippen LogP contribution in [0.2, 0.25) is 0 Å². The Labute approximate surface area is 98.7 Å². The van der Waals surface area contributed by atoms with E-state index < -0.39 is 0 Å². The zero-order chi connectivity index (χ0) is 11.8. The molecule has 1 aliphatic heterocycles. The lowest BCUT2D eigenvalue weighted by Crippen LogP contribution is -2.49. The van der Waals surface area contributed by atoms with Gasteiger partial charge in [-0.05, 0) is 30.6 Å². The standard InChI is InChI=1S/C13H25NO2/c1-13(2,3)9-4-5-11(14)12(6-9)16-10-7-15-8-10/h9-12H,4-8,14H2,1-3H3. The average molecular weight is 227 g/mol. The highest BCUT2D eigenvalue weighted by Crippen LogP contribution is 2.38. The van der Waals surface area contributed by atoms with Crippen LogP contribution in [0, 0.1) is 11.3 Å². The molecule has 1 heterocycles. The van der Waals surface area contributed by atoms with Gasteiger partial charge in [-0.3, -0.25) is 0 Å². The highest BCUT2D eigenvalue weighted by molar-refractivity contribution is 4.89. The van der Waals surface area contributed by atoms with Crippen molar-refractivity contribution in [2.24, 2.45) is 17.1 Å². The van der Waals surface area contributed by atoms with E-state index in [9.17, 15) is 0 Å². The van der Waals surface area contributed by atoms with Crippen molar-refractivity contribution in [3.63, 3.8) is 0 Å². The highest BCUT2D eigenvalue weighted by Gasteiger charge is 2.36. The first kappa shape index (κ1) is 12.3. The van der Waals surface area contributed by atoms with Crippen LogP contribution in [0.1, 0.15) is 40.0 Å². The smallest absolute Gasteiger partial charge is 0.105 e. The third-order valence-electron chi connectivity index (χ3n) is 4.04. The van der Waals surface area contributed by atoms with Gasteiger partial charge in [-0.1, -0.05) is 20.8 Å². The van der Waals surface area contributed by atoms with Crippen molar-refractivity contribution >= 4 is 0 Å². The third-order valence-corrected chi connectivity index (χ3v) is 4.04. The van der Waals surface area contributed by atoms with Crippen LogP contribution in [-0.2, 0) is 9.47 Å². The number of hydrogen-bond acceptors (Lipinski definition) is 3. The molecule has 2 fully saturated rings. The summed E-state index contributed by atoms with van der Waals surface area (Å²) < 4.78 is 11.2. The van der Waals surface area contributed by atoms with Gasteiger partial charge in [0.2, 0.25) is 0 Å². The van der Waals surface area contributed by atoms with Gasteiger partial charge in [0.25, 0.3) is 0 Å². The van der Waals surface area contributed by atoms with E-state index in [1.807, 2.05) is 0 Å². The predicted molar refractivity (Wildman–Crippen MR) is 64.3 cm³/mol. The minimum atomic E-state index is 0.221. The molecule has 16 heavy (non-hydrogen) atoms. The number of hydrogen-bond donors (Lipinski definition) is 1. The predicted octanol–water partition coefficient (Wildman–Crippen LogP) is 1.94. The molecule has 3 heteroatoms. The second-order valence-electron chi connectivity index (χ2n) is 6.37. The average Bonchev–Trinajstić information content (AvgIpc) is 2.11. The fraction of sp³-hybridized carbons (Fsp3) is 1.00. The van der Waals surface area contributed by atoms with Gasteiger partial charge in [0.1, 0.15) is 6.10 Å². The minimum Gasteiger partial charge on any atom is -0.376 e. The normalized spacial score (nSPS) is 37.1. The van der Waals surface area contributed by atoms with Crippen molar-refractivity contribution in [1.82, 2.24) is 0 Å². The van der Waals surface area contributed by atoms with Gasteiger partial charge in [0, 0.05) is 6.04 Å². The van der Waals surface area contributed by atoms with Crippen LogP contribution in [0.3, 0.4) is 0 Å². The lowest BCUT2D eigenvalue weighted by atomic mass is 9.70. The van der Waals surface area contributed by atoms with Gasteiger partial charge in [0.15, 0.2) is 0 Å². The van der Waals surface area contributed by atoms with Crippen LogP contribution in [0.15, 0.2) is 0 Å². The van der Waals surface area contributed by atoms with Crippen LogP contribution < -0.4 is 5.73 Å². The zero-order valence-electron chi connectivity index (χ0n) is 10.7. The van der Waals surface area contributed by atoms with Crippen LogP contribution in [0.5, 0.6) is 0 Å². The summed E-state index contributed by atoms with van der Waals surface area (Å²) in [4.78, 5) is 0. The molecule has 1 aliphatic carbocycles. The fourth-order valence-corrected chi connectivity index (χ4v) is 2.64. The molecular weight excluding hydrogens is 202 g/mol. The molecule has 0 aromatic carbocycles. The van der Waals surface area contributed by atoms with Crippen LogP contribution >= 0.6 is 0 Å². The maximum atomic E-state index is 6.15. The first-order valence-corrected chi connectivity index (χ1v) is 6.45. The van der Waals surface area contributed by atoms with Crippen LogP contribution in [0.4, 0.5) is 0 Å². The summed E-state index contributed by atoms with van der Waals surface area (Å²) in [6.07, 6.45) is 3.99. The van der Waals surface area contributed by atoms with E-state index in [4.69, 9.17) is 15.2 Å². The van der Waals surface area contributed by atoms with Gasteiger partial charge in [-0.15, -0.1) is 0 Å². The molecule has 3 nitrogen and oxygen atoms in total. The molecule has 0 aromatic rings. The second kappa shape index (κ2) is 4.63. The van der Waals surface area contributed by atoms with E-state index in [1.165, 1.54) is 6.42 Å². The van der Waals surface area contributed by atoms with Crippen molar-refractivity contribution in [2.75, 3.05) is 13.2 Å². The van der Waals surface area contributed by atoms with E-state index in [2.05, 4.69) is 20.8 Å². The quantitative estimate of drug-likeness (QED) is 0.784. The Bertz CT molecular complexity index is 233. The second-order valence-corrected chi connectivity index (χ2v) is 6.37. The van der Waals surface area contributed by atoms with Crippen molar-refractivity contribution in [1.29, 1.82) is 0 Å². The third kappa shape index (κ3) is 2.76. The summed E-state index contributed by atoms with van der Waals surface area (Å²) in [7, 11) is 0. The van der Waals surface area contributed by atoms with Crippen molar-refractivity contribution in [3.05, 3.63) is 0 Å². The van der Waals surface area contributed by atoms with Crippen LogP contribution in [0.25, 0.3) is 0 Å². The van der Waals surface area contributed by atoms with Crippen molar-refractivity contribution in [3.8, 4) is 0 Å². The Balaban J connectivity index is 1.89. The largest absolute Gasteiger partial charge is 0.376 e. The summed E-state index contributed by atoms with van der Waals surface area (Å²) in [6.45, 7) is 8.46. The summed E-state index contributed by atoms with van der Waals surface area (Å²) >= 11 is 0. The van der Waals surface area contributed by atoms with Gasteiger partial charge in [0.05, 0.1) is 19.3 Å². The van der Waals surface area contributed by atoms with Crippen molar-refractivity contribution < 1.29 is 9.47 Å². The Hall–Kier alpha value is -0.120. The molecule has 0 spiro atoms. The first-order valence-electron chi connectivity index (χ1n) is 6.45. The van der Waals surface area contributed by atoms with E-state index in [0.29, 0.717) is 11.5 Å². The molecule has 2 rings (SSSR count). The van der Waals surface area contributed by atoms with E-state index >= 15 is 0 Å². The topological polar surface area (TPSA) is 44.5 Å². The molecule has 2 N–H and O–H groups in total. The molecule has 2 aliphatic rings. The molecule has 3 atom stereocenters. The number of ether oxygens (including phenoxy) is 2. The molecule has 0 amide bonds. The van der Waals surface area contributed by atoms with Gasteiger partial charge >= 0.3 is 0 Å². The molecule has 3 unspecified atom stereocenters. The molecule has 0 radical (unpaired) electrons. The number of nitrogens with two attached hydrogens (primary N) is 1. The molecule has 0 aromatic heterocycles. The Kier molecular flexibility index (Phi) is 3.57. The minimum absolute atomic E-state index is 0.221. The summed E-state index contributed by atoms with van der Waals surface area (Å²) in [5.41, 5.74) is 6.52. The zero-order valence-corrected chi connectivity index (χ0v) is 10.7. The summed E-state index contributed by atoms with van der Waals surface area (Å²) in [6, 6.07) is 0.221. The Morgan fingerprint density at radius 1 is 1.19 bits per heavy atom. The van der Waals surface area contributed by atoms with Gasteiger partial charge < -0.3 is 15.2 Å². The SMILES string of the molecule is CC(C)(C)C1CCC(N)C(OC2COC2)C1.